The Labute approximate surface area is 74.9 Å². The number of hydrogen-bond donors (Lipinski definition) is 2. The highest BCUT2D eigenvalue weighted by Gasteiger charge is 2.16. The fourth-order valence-corrected chi connectivity index (χ4v) is 1.37. The molecule has 4 nitrogen and oxygen atoms in total. The molecule has 0 saturated carbocycles. The van der Waals surface area contributed by atoms with E-state index in [1.807, 2.05) is 6.07 Å². The van der Waals surface area contributed by atoms with E-state index in [-0.39, 0.29) is 5.91 Å². The van der Waals surface area contributed by atoms with Crippen molar-refractivity contribution in [2.24, 2.45) is 0 Å². The summed E-state index contributed by atoms with van der Waals surface area (Å²) in [4.78, 5) is 21.1. The highest BCUT2D eigenvalue weighted by Crippen LogP contribution is 2.25. The first-order valence-electron chi connectivity index (χ1n) is 3.92. The molecule has 2 N–H and O–H groups in total. The molecule has 0 radical (unpaired) electrons. The monoisotopic (exact) mass is 176 g/mol. The van der Waals surface area contributed by atoms with E-state index >= 15 is 0 Å². The summed E-state index contributed by atoms with van der Waals surface area (Å²) in [5, 5.41) is 5.22. The van der Waals surface area contributed by atoms with Gasteiger partial charge in [-0.1, -0.05) is 6.07 Å². The third-order valence-corrected chi connectivity index (χ3v) is 1.96. The first kappa shape index (κ1) is 7.79. The molecule has 0 atom stereocenters. The molecule has 0 unspecified atom stereocenters. The molecular weight excluding hydrogens is 168 g/mol. The average Bonchev–Trinajstić information content (AvgIpc) is 2.44. The third-order valence-electron chi connectivity index (χ3n) is 1.96. The molecule has 13 heavy (non-hydrogen) atoms. The molecule has 0 saturated heterocycles. The van der Waals surface area contributed by atoms with Crippen LogP contribution >= 0.6 is 0 Å². The van der Waals surface area contributed by atoms with E-state index < -0.39 is 0 Å². The highest BCUT2D eigenvalue weighted by molar-refractivity contribution is 6.00. The van der Waals surface area contributed by atoms with E-state index in [0.717, 1.165) is 11.3 Å². The van der Waals surface area contributed by atoms with Crippen molar-refractivity contribution in [2.75, 3.05) is 10.6 Å². The Bertz CT molecular complexity index is 374. The molecule has 4 heteroatoms. The second kappa shape index (κ2) is 2.90. The lowest BCUT2D eigenvalue weighted by Gasteiger charge is -2.01. The minimum absolute atomic E-state index is 0.00162. The summed E-state index contributed by atoms with van der Waals surface area (Å²) in [7, 11) is 0. The van der Waals surface area contributed by atoms with Gasteiger partial charge in [0.05, 0.1) is 6.42 Å². The topological polar surface area (TPSA) is 58.2 Å². The van der Waals surface area contributed by atoms with Gasteiger partial charge in [0.1, 0.15) is 0 Å². The molecule has 0 aromatic heterocycles. The molecule has 2 amide bonds. The highest BCUT2D eigenvalue weighted by atomic mass is 16.1. The molecule has 0 bridgehead atoms. The minimum atomic E-state index is -0.00162. The zero-order valence-corrected chi connectivity index (χ0v) is 6.83. The van der Waals surface area contributed by atoms with Crippen molar-refractivity contribution in [3.05, 3.63) is 23.8 Å². The zero-order chi connectivity index (χ0) is 9.26. The predicted octanol–water partition coefficient (Wildman–Crippen LogP) is 0.750. The van der Waals surface area contributed by atoms with Crippen molar-refractivity contribution in [1.29, 1.82) is 0 Å². The number of carbonyl (C=O) groups excluding carboxylic acids is 2. The fraction of sp³-hybridized carbons (Fsp3) is 0.111. The molecule has 66 valence electrons. The maximum atomic E-state index is 11.0. The number of anilines is 2. The molecule has 1 aromatic carbocycles. The lowest BCUT2D eigenvalue weighted by molar-refractivity contribution is -0.115. The van der Waals surface area contributed by atoms with Crippen molar-refractivity contribution in [1.82, 2.24) is 0 Å². The molecule has 2 rings (SSSR count). The SMILES string of the molecule is O=CNc1ccc2c(c1)NC(=O)C2. The van der Waals surface area contributed by atoms with Crippen LogP contribution < -0.4 is 10.6 Å². The lowest BCUT2D eigenvalue weighted by Crippen LogP contribution is -2.03. The Kier molecular flexibility index (Phi) is 1.73. The summed E-state index contributed by atoms with van der Waals surface area (Å²) in [5.41, 5.74) is 2.45. The van der Waals surface area contributed by atoms with Gasteiger partial charge in [0.2, 0.25) is 12.3 Å². The van der Waals surface area contributed by atoms with Gasteiger partial charge in [-0.05, 0) is 17.7 Å². The Morgan fingerprint density at radius 2 is 2.31 bits per heavy atom. The van der Waals surface area contributed by atoms with E-state index in [2.05, 4.69) is 10.6 Å². The summed E-state index contributed by atoms with van der Waals surface area (Å²) in [6.45, 7) is 0. The summed E-state index contributed by atoms with van der Waals surface area (Å²) in [6.07, 6.45) is 1.04. The van der Waals surface area contributed by atoms with E-state index in [1.165, 1.54) is 0 Å². The molecule has 0 fully saturated rings. The van der Waals surface area contributed by atoms with E-state index in [9.17, 15) is 9.59 Å². The Balaban J connectivity index is 2.34. The van der Waals surface area contributed by atoms with Crippen LogP contribution in [0.3, 0.4) is 0 Å². The van der Waals surface area contributed by atoms with Crippen LogP contribution in [0.15, 0.2) is 18.2 Å². The zero-order valence-electron chi connectivity index (χ0n) is 6.83. The van der Waals surface area contributed by atoms with E-state index in [4.69, 9.17) is 0 Å². The first-order chi connectivity index (χ1) is 6.29. The minimum Gasteiger partial charge on any atom is -0.329 e. The van der Waals surface area contributed by atoms with E-state index in [1.54, 1.807) is 12.1 Å². The van der Waals surface area contributed by atoms with Crippen molar-refractivity contribution in [2.45, 2.75) is 6.42 Å². The van der Waals surface area contributed by atoms with Crippen LogP contribution in [0.4, 0.5) is 11.4 Å². The molecule has 1 heterocycles. The first-order valence-corrected chi connectivity index (χ1v) is 3.92. The van der Waals surface area contributed by atoms with Crippen LogP contribution in [-0.4, -0.2) is 12.3 Å². The summed E-state index contributed by atoms with van der Waals surface area (Å²) >= 11 is 0. The normalized spacial score (nSPS) is 13.4. The number of carbonyl (C=O) groups is 2. The van der Waals surface area contributed by atoms with Crippen molar-refractivity contribution < 1.29 is 9.59 Å². The average molecular weight is 176 g/mol. The van der Waals surface area contributed by atoms with Gasteiger partial charge in [-0.15, -0.1) is 0 Å². The van der Waals surface area contributed by atoms with Gasteiger partial charge >= 0.3 is 0 Å². The molecule has 1 aliphatic heterocycles. The Morgan fingerprint density at radius 3 is 3.08 bits per heavy atom. The predicted molar refractivity (Wildman–Crippen MR) is 48.5 cm³/mol. The van der Waals surface area contributed by atoms with Gasteiger partial charge in [0.25, 0.3) is 0 Å². The van der Waals surface area contributed by atoms with Crippen LogP contribution in [0.25, 0.3) is 0 Å². The summed E-state index contributed by atoms with van der Waals surface area (Å²) in [5.74, 6) is -0.00162. The molecule has 1 aliphatic rings. The second-order valence-corrected chi connectivity index (χ2v) is 2.86. The quantitative estimate of drug-likeness (QED) is 0.653. The summed E-state index contributed by atoms with van der Waals surface area (Å²) < 4.78 is 0. The molecule has 0 aliphatic carbocycles. The van der Waals surface area contributed by atoms with Gasteiger partial charge in [0.15, 0.2) is 0 Å². The molecule has 0 spiro atoms. The number of fused-ring (bicyclic) bond motifs is 1. The van der Waals surface area contributed by atoms with Crippen LogP contribution in [0.1, 0.15) is 5.56 Å². The van der Waals surface area contributed by atoms with Crippen LogP contribution in [-0.2, 0) is 16.0 Å². The number of benzene rings is 1. The van der Waals surface area contributed by atoms with Crippen molar-refractivity contribution >= 4 is 23.7 Å². The molecule has 1 aromatic rings. The third kappa shape index (κ3) is 1.38. The summed E-state index contributed by atoms with van der Waals surface area (Å²) in [6, 6.07) is 5.35. The smallest absolute Gasteiger partial charge is 0.228 e. The number of amides is 2. The standard InChI is InChI=1S/C9H8N2O2/c12-5-10-7-2-1-6-3-9(13)11-8(6)4-7/h1-2,4-5H,3H2,(H,10,12)(H,11,13). The number of nitrogens with one attached hydrogen (secondary N) is 2. The Morgan fingerprint density at radius 1 is 1.46 bits per heavy atom. The maximum absolute atomic E-state index is 11.0. The van der Waals surface area contributed by atoms with Gasteiger partial charge in [-0.3, -0.25) is 9.59 Å². The van der Waals surface area contributed by atoms with E-state index in [0.29, 0.717) is 18.5 Å². The fourth-order valence-electron chi connectivity index (χ4n) is 1.37. The van der Waals surface area contributed by atoms with Crippen LogP contribution in [0.5, 0.6) is 0 Å². The second-order valence-electron chi connectivity index (χ2n) is 2.86. The van der Waals surface area contributed by atoms with Gasteiger partial charge < -0.3 is 10.6 Å². The molecular formula is C9H8N2O2. The number of hydrogen-bond acceptors (Lipinski definition) is 2. The Hall–Kier alpha value is -1.84. The van der Waals surface area contributed by atoms with Crippen LogP contribution in [0.2, 0.25) is 0 Å². The van der Waals surface area contributed by atoms with Crippen molar-refractivity contribution in [3.8, 4) is 0 Å². The largest absolute Gasteiger partial charge is 0.329 e. The van der Waals surface area contributed by atoms with Crippen molar-refractivity contribution in [3.63, 3.8) is 0 Å². The van der Waals surface area contributed by atoms with Gasteiger partial charge in [-0.2, -0.15) is 0 Å². The maximum Gasteiger partial charge on any atom is 0.228 e. The van der Waals surface area contributed by atoms with Gasteiger partial charge in [-0.25, -0.2) is 0 Å². The number of rotatable bonds is 2. The van der Waals surface area contributed by atoms with Crippen LogP contribution in [0, 0.1) is 0 Å². The lowest BCUT2D eigenvalue weighted by atomic mass is 10.1. The van der Waals surface area contributed by atoms with Gasteiger partial charge in [0, 0.05) is 11.4 Å².